The lowest BCUT2D eigenvalue weighted by molar-refractivity contribution is 0.0963. The molecule has 0 unspecified atom stereocenters. The molecule has 1 aromatic heterocycles. The summed E-state index contributed by atoms with van der Waals surface area (Å²) >= 11 is 5.79. The van der Waals surface area contributed by atoms with Crippen molar-refractivity contribution < 1.29 is 4.79 Å². The molecule has 2 aromatic rings. The summed E-state index contributed by atoms with van der Waals surface area (Å²) in [5.74, 6) is 0.663. The molecule has 0 atom stereocenters. The molecule has 0 saturated heterocycles. The second-order valence-corrected chi connectivity index (χ2v) is 6.02. The predicted octanol–water partition coefficient (Wildman–Crippen LogP) is 3.01. The Labute approximate surface area is 182 Å². The quantitative estimate of drug-likeness (QED) is 0.236. The zero-order valence-electron chi connectivity index (χ0n) is 15.5. The maximum atomic E-state index is 11.6. The number of benzene rings is 1. The van der Waals surface area contributed by atoms with Gasteiger partial charge in [0.1, 0.15) is 5.15 Å². The molecule has 27 heavy (non-hydrogen) atoms. The van der Waals surface area contributed by atoms with Crippen LogP contribution in [0.4, 0.5) is 0 Å². The lowest BCUT2D eigenvalue weighted by Gasteiger charge is -2.11. The van der Waals surface area contributed by atoms with Crippen LogP contribution in [0.2, 0.25) is 5.15 Å². The fraction of sp³-hybridized carbons (Fsp3) is 0.316. The Morgan fingerprint density at radius 1 is 1.11 bits per heavy atom. The van der Waals surface area contributed by atoms with Crippen molar-refractivity contribution in [3.05, 3.63) is 64.4 Å². The van der Waals surface area contributed by atoms with Gasteiger partial charge in [-0.15, -0.1) is 24.0 Å². The lowest BCUT2D eigenvalue weighted by atomic mass is 10.1. The third-order valence-electron chi connectivity index (χ3n) is 3.70. The summed E-state index contributed by atoms with van der Waals surface area (Å²) in [5.41, 5.74) is 2.79. The van der Waals surface area contributed by atoms with Gasteiger partial charge in [-0.1, -0.05) is 29.8 Å². The van der Waals surface area contributed by atoms with Gasteiger partial charge in [-0.3, -0.25) is 4.79 Å². The van der Waals surface area contributed by atoms with E-state index in [1.807, 2.05) is 25.1 Å². The molecule has 1 amide bonds. The number of aromatic nitrogens is 1. The zero-order valence-corrected chi connectivity index (χ0v) is 18.5. The van der Waals surface area contributed by atoms with Crippen LogP contribution >= 0.6 is 35.6 Å². The molecule has 0 aliphatic carbocycles. The van der Waals surface area contributed by atoms with E-state index < -0.39 is 0 Å². The van der Waals surface area contributed by atoms with Crippen molar-refractivity contribution in [2.75, 3.05) is 20.1 Å². The molecule has 3 N–H and O–H groups in total. The van der Waals surface area contributed by atoms with E-state index in [1.165, 1.54) is 0 Å². The Hall–Kier alpha value is -1.87. The van der Waals surface area contributed by atoms with Crippen LogP contribution in [0.5, 0.6) is 0 Å². The minimum absolute atomic E-state index is 0. The molecule has 0 bridgehead atoms. The SMILES string of the molecule is CCNC(=NCc1ccc(C(=O)NC)cc1)NCCc1ccc(Cl)nc1.I. The van der Waals surface area contributed by atoms with Gasteiger partial charge < -0.3 is 16.0 Å². The Bertz CT molecular complexity index is 735. The van der Waals surface area contributed by atoms with Crippen molar-refractivity contribution in [3.8, 4) is 0 Å². The topological polar surface area (TPSA) is 78.4 Å². The van der Waals surface area contributed by atoms with Crippen LogP contribution in [0, 0.1) is 0 Å². The molecule has 6 nitrogen and oxygen atoms in total. The number of amides is 1. The van der Waals surface area contributed by atoms with E-state index in [1.54, 1.807) is 31.4 Å². The van der Waals surface area contributed by atoms with E-state index in [-0.39, 0.29) is 29.9 Å². The van der Waals surface area contributed by atoms with E-state index in [0.29, 0.717) is 17.3 Å². The van der Waals surface area contributed by atoms with Crippen LogP contribution in [-0.4, -0.2) is 37.0 Å². The lowest BCUT2D eigenvalue weighted by Crippen LogP contribution is -2.38. The number of nitrogens with zero attached hydrogens (tertiary/aromatic N) is 2. The highest BCUT2D eigenvalue weighted by Crippen LogP contribution is 2.06. The van der Waals surface area contributed by atoms with Gasteiger partial charge in [0, 0.05) is 31.9 Å². The molecule has 1 heterocycles. The van der Waals surface area contributed by atoms with Crippen molar-refractivity contribution in [1.29, 1.82) is 0 Å². The highest BCUT2D eigenvalue weighted by atomic mass is 127. The Morgan fingerprint density at radius 2 is 1.81 bits per heavy atom. The molecule has 0 fully saturated rings. The van der Waals surface area contributed by atoms with Crippen molar-refractivity contribution in [2.45, 2.75) is 19.9 Å². The Morgan fingerprint density at radius 3 is 2.41 bits per heavy atom. The Kier molecular flexibility index (Phi) is 10.7. The standard InChI is InChI=1S/C19H24ClN5O.HI/c1-3-22-19(23-11-10-15-6-9-17(20)24-12-15)25-13-14-4-7-16(8-5-14)18(26)21-2;/h4-9,12H,3,10-11,13H2,1-2H3,(H,21,26)(H2,22,23,25);1H. The highest BCUT2D eigenvalue weighted by molar-refractivity contribution is 14.0. The number of nitrogens with one attached hydrogen (secondary N) is 3. The van der Waals surface area contributed by atoms with Gasteiger partial charge in [-0.2, -0.15) is 0 Å². The molecule has 0 radical (unpaired) electrons. The van der Waals surface area contributed by atoms with Crippen molar-refractivity contribution in [3.63, 3.8) is 0 Å². The highest BCUT2D eigenvalue weighted by Gasteiger charge is 2.03. The molecule has 0 saturated carbocycles. The summed E-state index contributed by atoms with van der Waals surface area (Å²) in [7, 11) is 1.62. The molecule has 0 aliphatic heterocycles. The van der Waals surface area contributed by atoms with Gasteiger partial charge in [-0.25, -0.2) is 9.98 Å². The third kappa shape index (κ3) is 8.13. The number of rotatable bonds is 7. The first-order valence-electron chi connectivity index (χ1n) is 8.56. The summed E-state index contributed by atoms with van der Waals surface area (Å²) in [6.45, 7) is 4.08. The number of carbonyl (C=O) groups is 1. The number of guanidine groups is 1. The smallest absolute Gasteiger partial charge is 0.251 e. The summed E-state index contributed by atoms with van der Waals surface area (Å²) in [6.07, 6.45) is 2.61. The van der Waals surface area contributed by atoms with Gasteiger partial charge in [0.15, 0.2) is 5.96 Å². The number of pyridine rings is 1. The number of carbonyl (C=O) groups excluding carboxylic acids is 1. The maximum Gasteiger partial charge on any atom is 0.251 e. The van der Waals surface area contributed by atoms with Gasteiger partial charge >= 0.3 is 0 Å². The summed E-state index contributed by atoms with van der Waals surface area (Å²) in [5, 5.41) is 9.64. The minimum atomic E-state index is -0.0910. The second-order valence-electron chi connectivity index (χ2n) is 5.64. The average Bonchev–Trinajstić information content (AvgIpc) is 2.67. The molecule has 146 valence electrons. The van der Waals surface area contributed by atoms with E-state index in [2.05, 4.69) is 25.9 Å². The first kappa shape index (κ1) is 23.2. The zero-order chi connectivity index (χ0) is 18.8. The third-order valence-corrected chi connectivity index (χ3v) is 3.93. The summed E-state index contributed by atoms with van der Waals surface area (Å²) in [4.78, 5) is 20.2. The normalized spacial score (nSPS) is 10.7. The monoisotopic (exact) mass is 501 g/mol. The molecular weight excluding hydrogens is 477 g/mol. The van der Waals surface area contributed by atoms with Gasteiger partial charge in [0.05, 0.1) is 6.54 Å². The maximum absolute atomic E-state index is 11.6. The van der Waals surface area contributed by atoms with Crippen LogP contribution in [0.15, 0.2) is 47.6 Å². The van der Waals surface area contributed by atoms with Crippen LogP contribution in [0.3, 0.4) is 0 Å². The molecular formula is C19H25ClIN5O. The fourth-order valence-corrected chi connectivity index (χ4v) is 2.41. The first-order chi connectivity index (χ1) is 12.6. The van der Waals surface area contributed by atoms with Crippen LogP contribution in [-0.2, 0) is 13.0 Å². The molecule has 8 heteroatoms. The van der Waals surface area contributed by atoms with Crippen LogP contribution in [0.25, 0.3) is 0 Å². The van der Waals surface area contributed by atoms with Gasteiger partial charge in [0.25, 0.3) is 5.91 Å². The number of aliphatic imine (C=N–C) groups is 1. The van der Waals surface area contributed by atoms with E-state index >= 15 is 0 Å². The molecule has 0 aliphatic rings. The van der Waals surface area contributed by atoms with Crippen molar-refractivity contribution >= 4 is 47.4 Å². The Balaban J connectivity index is 0.00000364. The first-order valence-corrected chi connectivity index (χ1v) is 8.93. The van der Waals surface area contributed by atoms with E-state index in [0.717, 1.165) is 36.6 Å². The summed E-state index contributed by atoms with van der Waals surface area (Å²) < 4.78 is 0. The fourth-order valence-electron chi connectivity index (χ4n) is 2.30. The average molecular weight is 502 g/mol. The van der Waals surface area contributed by atoms with Crippen LogP contribution < -0.4 is 16.0 Å². The van der Waals surface area contributed by atoms with E-state index in [9.17, 15) is 4.79 Å². The number of halogens is 2. The van der Waals surface area contributed by atoms with Gasteiger partial charge in [0.2, 0.25) is 0 Å². The molecule has 2 rings (SSSR count). The van der Waals surface area contributed by atoms with Gasteiger partial charge in [-0.05, 0) is 42.7 Å². The predicted molar refractivity (Wildman–Crippen MR) is 121 cm³/mol. The largest absolute Gasteiger partial charge is 0.357 e. The summed E-state index contributed by atoms with van der Waals surface area (Å²) in [6, 6.07) is 11.2. The van der Waals surface area contributed by atoms with Crippen LogP contribution in [0.1, 0.15) is 28.4 Å². The number of hydrogen-bond donors (Lipinski definition) is 3. The second kappa shape index (κ2) is 12.5. The molecule has 1 aromatic carbocycles. The van der Waals surface area contributed by atoms with E-state index in [4.69, 9.17) is 11.6 Å². The number of hydrogen-bond acceptors (Lipinski definition) is 3. The minimum Gasteiger partial charge on any atom is -0.357 e. The van der Waals surface area contributed by atoms with Crippen molar-refractivity contribution in [1.82, 2.24) is 20.9 Å². The van der Waals surface area contributed by atoms with Crippen molar-refractivity contribution in [2.24, 2.45) is 4.99 Å². The molecule has 0 spiro atoms.